The van der Waals surface area contributed by atoms with Gasteiger partial charge in [0.2, 0.25) is 0 Å². The predicted molar refractivity (Wildman–Crippen MR) is 179 cm³/mol. The zero-order valence-corrected chi connectivity index (χ0v) is 22.9. The van der Waals surface area contributed by atoms with Crippen molar-refractivity contribution in [2.45, 2.75) is 0 Å². The lowest BCUT2D eigenvalue weighted by Gasteiger charge is -2.12. The van der Waals surface area contributed by atoms with Crippen LogP contribution in [-0.4, -0.2) is 9.55 Å². The highest BCUT2D eigenvalue weighted by molar-refractivity contribution is 6.21. The van der Waals surface area contributed by atoms with Crippen molar-refractivity contribution in [1.29, 1.82) is 0 Å². The highest BCUT2D eigenvalue weighted by atomic mass is 15.0. The zero-order valence-electron chi connectivity index (χ0n) is 22.9. The summed E-state index contributed by atoms with van der Waals surface area (Å²) >= 11 is 0. The van der Waals surface area contributed by atoms with E-state index in [2.05, 4.69) is 161 Å². The summed E-state index contributed by atoms with van der Waals surface area (Å²) in [6.07, 6.45) is 0. The monoisotopic (exact) mass is 534 g/mol. The SMILES string of the molecule is c1ccc(-c2cccc(-n3c4ccccc4c4ccc(-c5cc6c7ccccc7[nH]c6c6ccccc56)cc43)c2)cc1. The van der Waals surface area contributed by atoms with Crippen LogP contribution in [0.5, 0.6) is 0 Å². The Balaban J connectivity index is 1.34. The third kappa shape index (κ3) is 3.39. The van der Waals surface area contributed by atoms with Crippen LogP contribution in [0.25, 0.3) is 82.3 Å². The number of fused-ring (bicyclic) bond motifs is 8. The first-order valence-corrected chi connectivity index (χ1v) is 14.5. The molecule has 196 valence electrons. The van der Waals surface area contributed by atoms with Crippen molar-refractivity contribution in [3.05, 3.63) is 152 Å². The Labute approximate surface area is 243 Å². The number of aromatic amines is 1. The number of hydrogen-bond acceptors (Lipinski definition) is 0. The van der Waals surface area contributed by atoms with Gasteiger partial charge in [0.1, 0.15) is 0 Å². The molecule has 7 aromatic carbocycles. The maximum Gasteiger partial charge on any atom is 0.0547 e. The molecule has 2 heteroatoms. The van der Waals surface area contributed by atoms with E-state index >= 15 is 0 Å². The van der Waals surface area contributed by atoms with Gasteiger partial charge in [0.05, 0.1) is 16.6 Å². The van der Waals surface area contributed by atoms with Gasteiger partial charge in [0.25, 0.3) is 0 Å². The quantitative estimate of drug-likeness (QED) is 0.233. The molecule has 42 heavy (non-hydrogen) atoms. The van der Waals surface area contributed by atoms with Crippen molar-refractivity contribution in [3.63, 3.8) is 0 Å². The molecule has 0 amide bonds. The fourth-order valence-corrected chi connectivity index (χ4v) is 6.79. The molecule has 9 aromatic rings. The van der Waals surface area contributed by atoms with E-state index in [1.165, 1.54) is 76.6 Å². The summed E-state index contributed by atoms with van der Waals surface area (Å²) in [5, 5.41) is 7.54. The summed E-state index contributed by atoms with van der Waals surface area (Å²) in [6, 6.07) is 55.0. The number of nitrogens with zero attached hydrogens (tertiary/aromatic N) is 1. The molecule has 0 spiro atoms. The van der Waals surface area contributed by atoms with Gasteiger partial charge in [-0.3, -0.25) is 0 Å². The number of rotatable bonds is 3. The topological polar surface area (TPSA) is 20.7 Å². The Kier molecular flexibility index (Phi) is 4.93. The van der Waals surface area contributed by atoms with Gasteiger partial charge in [-0.15, -0.1) is 0 Å². The Hall–Kier alpha value is -5.60. The van der Waals surface area contributed by atoms with E-state index in [1.807, 2.05) is 0 Å². The molecule has 0 saturated carbocycles. The molecule has 2 heterocycles. The standard InChI is InChI=1S/C40H26N2/c1-2-11-26(12-3-1)27-13-10-14-29(23-27)42-38-20-9-7-17-32(38)33-22-21-28(24-39(33)42)35-25-36-31-16-6-8-19-37(31)41-40(36)34-18-5-4-15-30(34)35/h1-25,41H. The van der Waals surface area contributed by atoms with Crippen molar-refractivity contribution in [1.82, 2.24) is 9.55 Å². The van der Waals surface area contributed by atoms with E-state index < -0.39 is 0 Å². The second-order valence-electron chi connectivity index (χ2n) is 11.1. The van der Waals surface area contributed by atoms with E-state index in [0.29, 0.717) is 0 Å². The highest BCUT2D eigenvalue weighted by Crippen LogP contribution is 2.40. The smallest absolute Gasteiger partial charge is 0.0547 e. The molecule has 0 aliphatic rings. The maximum atomic E-state index is 3.69. The van der Waals surface area contributed by atoms with Crippen LogP contribution in [0.1, 0.15) is 0 Å². The normalized spacial score (nSPS) is 11.8. The molecule has 0 saturated heterocycles. The van der Waals surface area contributed by atoms with Crippen molar-refractivity contribution in [3.8, 4) is 27.9 Å². The molecule has 2 nitrogen and oxygen atoms in total. The van der Waals surface area contributed by atoms with Gasteiger partial charge < -0.3 is 9.55 Å². The summed E-state index contributed by atoms with van der Waals surface area (Å²) in [5.74, 6) is 0. The van der Waals surface area contributed by atoms with Crippen LogP contribution in [0, 0.1) is 0 Å². The number of H-pyrrole nitrogens is 1. The summed E-state index contributed by atoms with van der Waals surface area (Å²) in [4.78, 5) is 3.69. The van der Waals surface area contributed by atoms with Gasteiger partial charge in [0, 0.05) is 38.1 Å². The average Bonchev–Trinajstić information content (AvgIpc) is 3.60. The van der Waals surface area contributed by atoms with Gasteiger partial charge in [-0.1, -0.05) is 115 Å². The van der Waals surface area contributed by atoms with Crippen LogP contribution in [-0.2, 0) is 0 Å². The molecule has 9 rings (SSSR count). The molecular formula is C40H26N2. The molecule has 0 bridgehead atoms. The van der Waals surface area contributed by atoms with Crippen molar-refractivity contribution in [2.75, 3.05) is 0 Å². The molecule has 0 fully saturated rings. The van der Waals surface area contributed by atoms with E-state index in [-0.39, 0.29) is 0 Å². The van der Waals surface area contributed by atoms with Gasteiger partial charge >= 0.3 is 0 Å². The minimum atomic E-state index is 1.16. The molecular weight excluding hydrogens is 508 g/mol. The Morgan fingerprint density at radius 2 is 1.07 bits per heavy atom. The first-order valence-electron chi connectivity index (χ1n) is 14.5. The molecule has 0 unspecified atom stereocenters. The van der Waals surface area contributed by atoms with Crippen LogP contribution >= 0.6 is 0 Å². The Bertz CT molecular complexity index is 2460. The van der Waals surface area contributed by atoms with Crippen LogP contribution in [0.2, 0.25) is 0 Å². The fraction of sp³-hybridized carbons (Fsp3) is 0. The van der Waals surface area contributed by atoms with E-state index in [9.17, 15) is 0 Å². The molecule has 0 aliphatic carbocycles. The third-order valence-corrected chi connectivity index (χ3v) is 8.72. The van der Waals surface area contributed by atoms with Crippen LogP contribution < -0.4 is 0 Å². The maximum absolute atomic E-state index is 3.69. The lowest BCUT2D eigenvalue weighted by atomic mass is 9.94. The number of benzene rings is 7. The van der Waals surface area contributed by atoms with Gasteiger partial charge in [-0.25, -0.2) is 0 Å². The average molecular weight is 535 g/mol. The molecule has 1 N–H and O–H groups in total. The second-order valence-corrected chi connectivity index (χ2v) is 11.1. The highest BCUT2D eigenvalue weighted by Gasteiger charge is 2.16. The number of para-hydroxylation sites is 2. The Morgan fingerprint density at radius 1 is 0.381 bits per heavy atom. The van der Waals surface area contributed by atoms with Gasteiger partial charge in [-0.2, -0.15) is 0 Å². The minimum Gasteiger partial charge on any atom is -0.354 e. The first-order chi connectivity index (χ1) is 20.8. The van der Waals surface area contributed by atoms with E-state index in [0.717, 1.165) is 5.69 Å². The van der Waals surface area contributed by atoms with Gasteiger partial charge in [-0.05, 0) is 64.0 Å². The summed E-state index contributed by atoms with van der Waals surface area (Å²) in [5.41, 5.74) is 10.9. The number of hydrogen-bond donors (Lipinski definition) is 1. The lowest BCUT2D eigenvalue weighted by molar-refractivity contribution is 1.18. The lowest BCUT2D eigenvalue weighted by Crippen LogP contribution is -1.94. The van der Waals surface area contributed by atoms with Crippen molar-refractivity contribution < 1.29 is 0 Å². The first kappa shape index (κ1) is 23.1. The van der Waals surface area contributed by atoms with Crippen LogP contribution in [0.4, 0.5) is 0 Å². The van der Waals surface area contributed by atoms with Gasteiger partial charge in [0.15, 0.2) is 0 Å². The minimum absolute atomic E-state index is 1.16. The van der Waals surface area contributed by atoms with Crippen LogP contribution in [0.15, 0.2) is 152 Å². The third-order valence-electron chi connectivity index (χ3n) is 8.72. The van der Waals surface area contributed by atoms with E-state index in [4.69, 9.17) is 0 Å². The number of nitrogens with one attached hydrogen (secondary N) is 1. The largest absolute Gasteiger partial charge is 0.354 e. The summed E-state index contributed by atoms with van der Waals surface area (Å²) in [7, 11) is 0. The van der Waals surface area contributed by atoms with Crippen LogP contribution in [0.3, 0.4) is 0 Å². The van der Waals surface area contributed by atoms with E-state index in [1.54, 1.807) is 0 Å². The van der Waals surface area contributed by atoms with Crippen molar-refractivity contribution >= 4 is 54.4 Å². The zero-order chi connectivity index (χ0) is 27.6. The molecule has 0 radical (unpaired) electrons. The second kappa shape index (κ2) is 8.95. The molecule has 2 aromatic heterocycles. The Morgan fingerprint density at radius 3 is 1.95 bits per heavy atom. The molecule has 0 aliphatic heterocycles. The fourth-order valence-electron chi connectivity index (χ4n) is 6.79. The number of aromatic nitrogens is 2. The molecule has 0 atom stereocenters. The summed E-state index contributed by atoms with van der Waals surface area (Å²) in [6.45, 7) is 0. The van der Waals surface area contributed by atoms with Crippen molar-refractivity contribution in [2.24, 2.45) is 0 Å². The predicted octanol–water partition coefficient (Wildman–Crippen LogP) is 10.9. The summed E-state index contributed by atoms with van der Waals surface area (Å²) < 4.78 is 2.42.